The Kier molecular flexibility index (Phi) is 7.01. The number of aromatic nitrogens is 2. The molecule has 0 N–H and O–H groups in total. The third kappa shape index (κ3) is 5.37. The molecule has 4 rings (SSSR count). The molecular weight excluding hydrogens is 444 g/mol. The lowest BCUT2D eigenvalue weighted by Crippen LogP contribution is -2.54. The number of sulfonamides is 1. The first kappa shape index (κ1) is 23.3. The molecule has 176 valence electrons. The first-order chi connectivity index (χ1) is 15.8. The second kappa shape index (κ2) is 9.94. The molecule has 33 heavy (non-hydrogen) atoms. The van der Waals surface area contributed by atoms with Crippen LogP contribution in [-0.4, -0.2) is 103 Å². The maximum absolute atomic E-state index is 12.9. The summed E-state index contributed by atoms with van der Waals surface area (Å²) in [7, 11) is -3.66. The van der Waals surface area contributed by atoms with Crippen molar-refractivity contribution in [3.8, 4) is 0 Å². The normalized spacial score (nSPS) is 18.3. The highest BCUT2D eigenvalue weighted by atomic mass is 32.2. The standard InChI is InChI=1S/C22H28N6O4S/c1-18(29)19-3-5-20(6-4-19)33(31,32)28-15-13-26(14-16-28)21(30)17-25-9-11-27(12-10-25)22-23-7-2-8-24-22/h2-8H,9-17H2,1H3. The minimum absolute atomic E-state index is 0.0160. The zero-order chi connectivity index (χ0) is 23.4. The van der Waals surface area contributed by atoms with E-state index in [-0.39, 0.29) is 29.7 Å². The number of carbonyl (C=O) groups excluding carboxylic acids is 2. The van der Waals surface area contributed by atoms with Gasteiger partial charge in [-0.15, -0.1) is 0 Å². The van der Waals surface area contributed by atoms with Crippen LogP contribution in [0.2, 0.25) is 0 Å². The Morgan fingerprint density at radius 1 is 0.879 bits per heavy atom. The summed E-state index contributed by atoms with van der Waals surface area (Å²) in [5.74, 6) is 0.611. The predicted octanol–water partition coefficient (Wildman–Crippen LogP) is 0.334. The highest BCUT2D eigenvalue weighted by molar-refractivity contribution is 7.89. The van der Waals surface area contributed by atoms with Gasteiger partial charge in [0, 0.05) is 70.3 Å². The number of ketones is 1. The molecule has 2 saturated heterocycles. The Balaban J connectivity index is 1.26. The second-order valence-electron chi connectivity index (χ2n) is 8.18. The van der Waals surface area contributed by atoms with Crippen molar-refractivity contribution in [3.63, 3.8) is 0 Å². The van der Waals surface area contributed by atoms with E-state index in [0.717, 1.165) is 26.2 Å². The van der Waals surface area contributed by atoms with Crippen LogP contribution in [0.5, 0.6) is 0 Å². The van der Waals surface area contributed by atoms with Crippen molar-refractivity contribution in [2.75, 3.05) is 63.8 Å². The topological polar surface area (TPSA) is 107 Å². The molecule has 2 fully saturated rings. The minimum Gasteiger partial charge on any atom is -0.339 e. The molecule has 3 heterocycles. The van der Waals surface area contributed by atoms with Gasteiger partial charge in [-0.05, 0) is 25.1 Å². The molecule has 1 aromatic carbocycles. The van der Waals surface area contributed by atoms with E-state index in [1.165, 1.54) is 35.5 Å². The number of piperazine rings is 2. The number of hydrogen-bond donors (Lipinski definition) is 0. The summed E-state index contributed by atoms with van der Waals surface area (Å²) in [5, 5.41) is 0. The van der Waals surface area contributed by atoms with Gasteiger partial charge in [-0.1, -0.05) is 12.1 Å². The smallest absolute Gasteiger partial charge is 0.243 e. The average Bonchev–Trinajstić information content (AvgIpc) is 2.85. The maximum atomic E-state index is 12.9. The van der Waals surface area contributed by atoms with E-state index in [9.17, 15) is 18.0 Å². The first-order valence-electron chi connectivity index (χ1n) is 11.0. The zero-order valence-corrected chi connectivity index (χ0v) is 19.4. The molecule has 11 heteroatoms. The van der Waals surface area contributed by atoms with Crippen molar-refractivity contribution >= 4 is 27.7 Å². The van der Waals surface area contributed by atoms with Crippen molar-refractivity contribution < 1.29 is 18.0 Å². The van der Waals surface area contributed by atoms with Crippen LogP contribution >= 0.6 is 0 Å². The van der Waals surface area contributed by atoms with E-state index in [2.05, 4.69) is 19.8 Å². The average molecular weight is 473 g/mol. The SMILES string of the molecule is CC(=O)c1ccc(S(=O)(=O)N2CCN(C(=O)CN3CCN(c4ncccn4)CC3)CC2)cc1. The fourth-order valence-electron chi connectivity index (χ4n) is 4.04. The predicted molar refractivity (Wildman–Crippen MR) is 122 cm³/mol. The summed E-state index contributed by atoms with van der Waals surface area (Å²) in [4.78, 5) is 38.9. The van der Waals surface area contributed by atoms with Gasteiger partial charge in [0.15, 0.2) is 5.78 Å². The summed E-state index contributed by atoms with van der Waals surface area (Å²) in [6.07, 6.45) is 3.44. The van der Waals surface area contributed by atoms with Crippen molar-refractivity contribution in [1.82, 2.24) is 24.1 Å². The molecule has 1 aromatic heterocycles. The molecule has 0 spiro atoms. The Bertz CT molecular complexity index is 1080. The zero-order valence-electron chi connectivity index (χ0n) is 18.6. The maximum Gasteiger partial charge on any atom is 0.243 e. The van der Waals surface area contributed by atoms with E-state index < -0.39 is 10.0 Å². The van der Waals surface area contributed by atoms with E-state index in [1.807, 2.05) is 0 Å². The van der Waals surface area contributed by atoms with Crippen LogP contribution in [-0.2, 0) is 14.8 Å². The summed E-state index contributed by atoms with van der Waals surface area (Å²) < 4.78 is 27.2. The molecule has 1 amide bonds. The van der Waals surface area contributed by atoms with Crippen LogP contribution in [0.1, 0.15) is 17.3 Å². The molecule has 0 aliphatic carbocycles. The number of nitrogens with zero attached hydrogens (tertiary/aromatic N) is 6. The molecule has 10 nitrogen and oxygen atoms in total. The quantitative estimate of drug-likeness (QED) is 0.554. The molecule has 0 atom stereocenters. The van der Waals surface area contributed by atoms with Gasteiger partial charge < -0.3 is 9.80 Å². The Morgan fingerprint density at radius 2 is 1.48 bits per heavy atom. The number of anilines is 1. The Hall–Kier alpha value is -2.89. The monoisotopic (exact) mass is 472 g/mol. The number of rotatable bonds is 6. The van der Waals surface area contributed by atoms with Gasteiger partial charge in [-0.3, -0.25) is 14.5 Å². The Labute approximate surface area is 193 Å². The lowest BCUT2D eigenvalue weighted by Gasteiger charge is -2.37. The van der Waals surface area contributed by atoms with Crippen molar-refractivity contribution in [2.24, 2.45) is 0 Å². The fraction of sp³-hybridized carbons (Fsp3) is 0.455. The van der Waals surface area contributed by atoms with Gasteiger partial charge in [-0.2, -0.15) is 4.31 Å². The van der Waals surface area contributed by atoms with Crippen molar-refractivity contribution in [1.29, 1.82) is 0 Å². The van der Waals surface area contributed by atoms with Gasteiger partial charge in [0.1, 0.15) is 0 Å². The lowest BCUT2D eigenvalue weighted by atomic mass is 10.2. The third-order valence-electron chi connectivity index (χ3n) is 6.06. The van der Waals surface area contributed by atoms with Crippen molar-refractivity contribution in [3.05, 3.63) is 48.3 Å². The fourth-order valence-corrected chi connectivity index (χ4v) is 5.46. The third-order valence-corrected chi connectivity index (χ3v) is 7.97. The van der Waals surface area contributed by atoms with Crippen LogP contribution in [0.3, 0.4) is 0 Å². The molecule has 2 aliphatic rings. The van der Waals surface area contributed by atoms with Crippen LogP contribution < -0.4 is 4.90 Å². The van der Waals surface area contributed by atoms with Gasteiger partial charge in [0.05, 0.1) is 11.4 Å². The van der Waals surface area contributed by atoms with Crippen molar-refractivity contribution in [2.45, 2.75) is 11.8 Å². The molecule has 0 bridgehead atoms. The van der Waals surface area contributed by atoms with E-state index in [4.69, 9.17) is 0 Å². The number of amides is 1. The van der Waals surface area contributed by atoms with Crippen LogP contribution in [0, 0.1) is 0 Å². The summed E-state index contributed by atoms with van der Waals surface area (Å²) >= 11 is 0. The lowest BCUT2D eigenvalue weighted by molar-refractivity contribution is -0.133. The molecule has 0 radical (unpaired) electrons. The molecular formula is C22H28N6O4S. The molecule has 0 saturated carbocycles. The van der Waals surface area contributed by atoms with Crippen LogP contribution in [0.15, 0.2) is 47.6 Å². The summed E-state index contributed by atoms with van der Waals surface area (Å²) in [6, 6.07) is 7.76. The number of Topliss-reactive ketones (excluding diaryl/α,β-unsaturated/α-hetero) is 1. The van der Waals surface area contributed by atoms with Gasteiger partial charge in [-0.25, -0.2) is 18.4 Å². The first-order valence-corrected chi connectivity index (χ1v) is 12.4. The molecule has 0 unspecified atom stereocenters. The largest absolute Gasteiger partial charge is 0.339 e. The highest BCUT2D eigenvalue weighted by Crippen LogP contribution is 2.19. The van der Waals surface area contributed by atoms with E-state index in [0.29, 0.717) is 31.1 Å². The Morgan fingerprint density at radius 3 is 2.06 bits per heavy atom. The van der Waals surface area contributed by atoms with E-state index in [1.54, 1.807) is 23.4 Å². The van der Waals surface area contributed by atoms with Gasteiger partial charge in [0.25, 0.3) is 0 Å². The summed E-state index contributed by atoms with van der Waals surface area (Å²) in [5.41, 5.74) is 0.474. The molecule has 2 aliphatic heterocycles. The highest BCUT2D eigenvalue weighted by Gasteiger charge is 2.31. The number of hydrogen-bond acceptors (Lipinski definition) is 8. The van der Waals surface area contributed by atoms with Crippen LogP contribution in [0.4, 0.5) is 5.95 Å². The van der Waals surface area contributed by atoms with Gasteiger partial charge in [0.2, 0.25) is 21.9 Å². The number of benzene rings is 1. The van der Waals surface area contributed by atoms with Crippen LogP contribution in [0.25, 0.3) is 0 Å². The number of carbonyl (C=O) groups is 2. The second-order valence-corrected chi connectivity index (χ2v) is 10.1. The van der Waals surface area contributed by atoms with E-state index >= 15 is 0 Å². The van der Waals surface area contributed by atoms with Gasteiger partial charge >= 0.3 is 0 Å². The summed E-state index contributed by atoms with van der Waals surface area (Å²) in [6.45, 7) is 5.99. The minimum atomic E-state index is -3.66. The molecule has 2 aromatic rings.